The molecule has 132 valence electrons. The smallest absolute Gasteiger partial charge is 0.404 e. The molecule has 1 aromatic carbocycles. The van der Waals surface area contributed by atoms with Crippen molar-refractivity contribution in [1.29, 1.82) is 0 Å². The lowest BCUT2D eigenvalue weighted by molar-refractivity contribution is -0.0837. The summed E-state index contributed by atoms with van der Waals surface area (Å²) >= 11 is 0.166. The number of thioether (sulfide) groups is 1. The molecule has 3 N–H and O–H groups in total. The average Bonchev–Trinajstić information content (AvgIpc) is 2.42. The predicted molar refractivity (Wildman–Crippen MR) is 84.4 cm³/mol. The van der Waals surface area contributed by atoms with E-state index in [9.17, 15) is 26.4 Å². The van der Waals surface area contributed by atoms with Gasteiger partial charge in [0.1, 0.15) is 10.7 Å². The highest BCUT2D eigenvalue weighted by atomic mass is 32.2. The molecular weight excluding hydrogens is 369 g/mol. The Morgan fingerprint density at radius 2 is 1.88 bits per heavy atom. The molecule has 1 aromatic rings. The van der Waals surface area contributed by atoms with Crippen LogP contribution in [0, 0.1) is 0 Å². The molecule has 0 aromatic heterocycles. The van der Waals surface area contributed by atoms with Crippen LogP contribution in [0.5, 0.6) is 5.75 Å². The van der Waals surface area contributed by atoms with Crippen LogP contribution in [0.1, 0.15) is 10.4 Å². The lowest BCUT2D eigenvalue weighted by atomic mass is 10.2. The monoisotopic (exact) mass is 382 g/mol. The fraction of sp³-hybridized carbons (Fsp3) is 0.154. The van der Waals surface area contributed by atoms with Crippen molar-refractivity contribution in [2.75, 3.05) is 6.26 Å². The van der Waals surface area contributed by atoms with E-state index in [0.717, 1.165) is 6.26 Å². The third-order valence-corrected chi connectivity index (χ3v) is 3.71. The van der Waals surface area contributed by atoms with Crippen LogP contribution in [-0.4, -0.2) is 26.8 Å². The van der Waals surface area contributed by atoms with E-state index in [1.54, 1.807) is 0 Å². The normalized spacial score (nSPS) is 12.6. The van der Waals surface area contributed by atoms with Gasteiger partial charge in [-0.15, -0.1) is 0 Å². The Labute approximate surface area is 140 Å². The van der Waals surface area contributed by atoms with Gasteiger partial charge in [0, 0.05) is 11.8 Å². The van der Waals surface area contributed by atoms with Crippen molar-refractivity contribution in [3.05, 3.63) is 52.5 Å². The van der Waals surface area contributed by atoms with Gasteiger partial charge in [-0.3, -0.25) is 4.79 Å². The largest absolute Gasteiger partial charge is 0.424 e. The SMILES string of the molecule is C=C(NC(=O)c1ccc(OS(C)(=O)=O)cc1)S/C(=C\N)C(F)(F)F. The molecule has 1 rings (SSSR count). The van der Waals surface area contributed by atoms with Crippen molar-refractivity contribution >= 4 is 27.8 Å². The van der Waals surface area contributed by atoms with Crippen LogP contribution in [0.4, 0.5) is 13.2 Å². The molecule has 0 bridgehead atoms. The van der Waals surface area contributed by atoms with Gasteiger partial charge in [0.05, 0.1) is 11.3 Å². The van der Waals surface area contributed by atoms with Gasteiger partial charge >= 0.3 is 16.3 Å². The van der Waals surface area contributed by atoms with Crippen molar-refractivity contribution in [2.45, 2.75) is 6.18 Å². The third kappa shape index (κ3) is 6.54. The molecule has 0 aliphatic carbocycles. The Balaban J connectivity index is 2.73. The first-order valence-corrected chi connectivity index (χ1v) is 8.72. The highest BCUT2D eigenvalue weighted by molar-refractivity contribution is 8.06. The molecule has 0 spiro atoms. The number of hydrogen-bond acceptors (Lipinski definition) is 6. The number of amides is 1. The molecule has 0 unspecified atom stereocenters. The van der Waals surface area contributed by atoms with Crippen molar-refractivity contribution in [2.24, 2.45) is 5.73 Å². The second-order valence-electron chi connectivity index (χ2n) is 4.32. The standard InChI is InChI=1S/C13H13F3N2O4S2/c1-8(23-11(7-17)13(14,15)16)18-12(19)9-3-5-10(6-4-9)22-24(2,20)21/h3-7H,1,17H2,2H3,(H,18,19)/b11-7-. The molecule has 0 aliphatic heterocycles. The summed E-state index contributed by atoms with van der Waals surface area (Å²) in [6.07, 6.45) is -3.42. The topological polar surface area (TPSA) is 98.5 Å². The van der Waals surface area contributed by atoms with Crippen LogP contribution in [-0.2, 0) is 10.1 Å². The number of carbonyl (C=O) groups is 1. The minimum Gasteiger partial charge on any atom is -0.404 e. The number of hydrogen-bond donors (Lipinski definition) is 2. The highest BCUT2D eigenvalue weighted by Crippen LogP contribution is 2.36. The number of allylic oxidation sites excluding steroid dienone is 1. The molecule has 11 heteroatoms. The first-order chi connectivity index (χ1) is 10.9. The van der Waals surface area contributed by atoms with Crippen molar-refractivity contribution in [3.8, 4) is 5.75 Å². The zero-order valence-electron chi connectivity index (χ0n) is 12.3. The minimum atomic E-state index is -4.66. The zero-order chi connectivity index (χ0) is 18.5. The number of rotatable bonds is 6. The van der Waals surface area contributed by atoms with E-state index in [2.05, 4.69) is 16.1 Å². The van der Waals surface area contributed by atoms with Crippen LogP contribution >= 0.6 is 11.8 Å². The molecule has 0 aliphatic rings. The molecule has 0 heterocycles. The molecule has 0 radical (unpaired) electrons. The van der Waals surface area contributed by atoms with E-state index in [0.29, 0.717) is 6.20 Å². The quantitative estimate of drug-likeness (QED) is 0.733. The van der Waals surface area contributed by atoms with E-state index in [1.807, 2.05) is 0 Å². The van der Waals surface area contributed by atoms with E-state index >= 15 is 0 Å². The number of carbonyl (C=O) groups excluding carboxylic acids is 1. The van der Waals surface area contributed by atoms with Gasteiger partial charge in [-0.2, -0.15) is 21.6 Å². The van der Waals surface area contributed by atoms with Crippen LogP contribution in [0.2, 0.25) is 0 Å². The van der Waals surface area contributed by atoms with E-state index in [4.69, 9.17) is 5.73 Å². The van der Waals surface area contributed by atoms with Gasteiger partial charge < -0.3 is 15.2 Å². The van der Waals surface area contributed by atoms with Gasteiger partial charge in [0.2, 0.25) is 0 Å². The van der Waals surface area contributed by atoms with Gasteiger partial charge in [0.15, 0.2) is 0 Å². The number of halogens is 3. The summed E-state index contributed by atoms with van der Waals surface area (Å²) < 4.78 is 64.1. The Hall–Kier alpha value is -2.14. The van der Waals surface area contributed by atoms with Crippen LogP contribution < -0.4 is 15.2 Å². The summed E-state index contributed by atoms with van der Waals surface area (Å²) in [5, 5.41) is 1.90. The molecule has 0 atom stereocenters. The van der Waals surface area contributed by atoms with E-state index < -0.39 is 27.1 Å². The molecular formula is C13H13F3N2O4S2. The maximum absolute atomic E-state index is 12.5. The van der Waals surface area contributed by atoms with Crippen molar-refractivity contribution < 1.29 is 30.6 Å². The summed E-state index contributed by atoms with van der Waals surface area (Å²) in [5.74, 6) is -0.732. The van der Waals surface area contributed by atoms with Crippen molar-refractivity contribution in [3.63, 3.8) is 0 Å². The summed E-state index contributed by atoms with van der Waals surface area (Å²) in [4.78, 5) is 10.8. The fourth-order valence-electron chi connectivity index (χ4n) is 1.38. The second-order valence-corrected chi connectivity index (χ2v) is 7.03. The summed E-state index contributed by atoms with van der Waals surface area (Å²) in [6, 6.07) is 4.95. The summed E-state index contributed by atoms with van der Waals surface area (Å²) in [6.45, 7) is 3.32. The number of nitrogens with one attached hydrogen (secondary N) is 1. The predicted octanol–water partition coefficient (Wildman–Crippen LogP) is 2.32. The minimum absolute atomic E-state index is 0.00678. The molecule has 24 heavy (non-hydrogen) atoms. The number of benzene rings is 1. The Bertz CT molecular complexity index is 756. The van der Waals surface area contributed by atoms with Crippen LogP contribution in [0.15, 0.2) is 47.0 Å². The summed E-state index contributed by atoms with van der Waals surface area (Å²) in [7, 11) is -3.70. The maximum atomic E-state index is 12.5. The highest BCUT2D eigenvalue weighted by Gasteiger charge is 2.34. The Morgan fingerprint density at radius 3 is 2.29 bits per heavy atom. The van der Waals surface area contributed by atoms with Gasteiger partial charge in [0.25, 0.3) is 5.91 Å². The van der Waals surface area contributed by atoms with Crippen LogP contribution in [0.25, 0.3) is 0 Å². The van der Waals surface area contributed by atoms with Crippen LogP contribution in [0.3, 0.4) is 0 Å². The average molecular weight is 382 g/mol. The van der Waals surface area contributed by atoms with E-state index in [-0.39, 0.29) is 28.1 Å². The Kier molecular flexibility index (Phi) is 6.32. The molecule has 1 amide bonds. The second kappa shape index (κ2) is 7.62. The number of alkyl halides is 3. The fourth-order valence-corrected chi connectivity index (χ4v) is 2.43. The lowest BCUT2D eigenvalue weighted by Gasteiger charge is -2.13. The van der Waals surface area contributed by atoms with E-state index in [1.165, 1.54) is 24.3 Å². The van der Waals surface area contributed by atoms with Gasteiger partial charge in [-0.25, -0.2) is 0 Å². The van der Waals surface area contributed by atoms with Gasteiger partial charge in [-0.05, 0) is 24.3 Å². The summed E-state index contributed by atoms with van der Waals surface area (Å²) in [5.41, 5.74) is 4.97. The maximum Gasteiger partial charge on any atom is 0.424 e. The zero-order valence-corrected chi connectivity index (χ0v) is 13.9. The van der Waals surface area contributed by atoms with Gasteiger partial charge in [-0.1, -0.05) is 18.3 Å². The lowest BCUT2D eigenvalue weighted by Crippen LogP contribution is -2.22. The molecule has 0 saturated carbocycles. The molecule has 6 nitrogen and oxygen atoms in total. The van der Waals surface area contributed by atoms with Crippen molar-refractivity contribution in [1.82, 2.24) is 5.32 Å². The third-order valence-electron chi connectivity index (χ3n) is 2.28. The molecule has 0 saturated heterocycles. The molecule has 0 fully saturated rings. The first-order valence-electron chi connectivity index (χ1n) is 6.09. The number of nitrogens with two attached hydrogens (primary N) is 1. The Morgan fingerprint density at radius 1 is 1.33 bits per heavy atom. The first kappa shape index (κ1) is 19.9.